The Morgan fingerprint density at radius 1 is 1.22 bits per heavy atom. The molecule has 0 saturated carbocycles. The van der Waals surface area contributed by atoms with Gasteiger partial charge in [0.2, 0.25) is 0 Å². The lowest BCUT2D eigenvalue weighted by molar-refractivity contribution is 0.0904. The summed E-state index contributed by atoms with van der Waals surface area (Å²) < 4.78 is 0. The van der Waals surface area contributed by atoms with Crippen LogP contribution in [0.25, 0.3) is 0 Å². The number of hydrogen-bond acceptors (Lipinski definition) is 2. The van der Waals surface area contributed by atoms with E-state index < -0.39 is 0 Å². The number of hydrogen-bond donors (Lipinski definition) is 1. The molecule has 2 atom stereocenters. The minimum absolute atomic E-state index is 0.185. The average Bonchev–Trinajstić information content (AvgIpc) is 2.39. The summed E-state index contributed by atoms with van der Waals surface area (Å²) in [5, 5.41) is 9.12. The molecule has 2 unspecified atom stereocenters. The Morgan fingerprint density at radius 3 is 2.78 bits per heavy atom. The third kappa shape index (κ3) is 3.16. The summed E-state index contributed by atoms with van der Waals surface area (Å²) in [7, 11) is 0. The Balaban J connectivity index is 1.96. The van der Waals surface area contributed by atoms with E-state index >= 15 is 0 Å². The Bertz CT molecular complexity index is 281. The van der Waals surface area contributed by atoms with Crippen molar-refractivity contribution in [3.8, 4) is 0 Å². The van der Waals surface area contributed by atoms with Crippen LogP contribution in [0.1, 0.15) is 45.4 Å². The maximum absolute atomic E-state index is 12.6. The largest absolute Gasteiger partial charge is 0.396 e. The first-order chi connectivity index (χ1) is 8.72. The smallest absolute Gasteiger partial charge is 0.320 e. The number of carbonyl (C=O) groups is 1. The second-order valence-corrected chi connectivity index (χ2v) is 5.83. The van der Waals surface area contributed by atoms with Crippen LogP contribution in [0.4, 0.5) is 4.79 Å². The molecule has 4 nitrogen and oxygen atoms in total. The highest BCUT2D eigenvalue weighted by molar-refractivity contribution is 5.75. The molecule has 104 valence electrons. The Morgan fingerprint density at radius 2 is 2.06 bits per heavy atom. The molecule has 2 amide bonds. The number of urea groups is 1. The van der Waals surface area contributed by atoms with Crippen LogP contribution < -0.4 is 0 Å². The molecule has 0 radical (unpaired) electrons. The summed E-state index contributed by atoms with van der Waals surface area (Å²) in [6, 6.07) is 0.466. The third-order valence-corrected chi connectivity index (χ3v) is 4.26. The quantitative estimate of drug-likeness (QED) is 0.820. The van der Waals surface area contributed by atoms with Gasteiger partial charge in [-0.25, -0.2) is 4.79 Å². The zero-order valence-electron chi connectivity index (χ0n) is 11.5. The van der Waals surface area contributed by atoms with Crippen LogP contribution in [-0.4, -0.2) is 53.2 Å². The van der Waals surface area contributed by atoms with Crippen molar-refractivity contribution >= 4 is 6.03 Å². The van der Waals surface area contributed by atoms with Crippen molar-refractivity contribution < 1.29 is 9.90 Å². The van der Waals surface area contributed by atoms with E-state index in [0.717, 1.165) is 45.3 Å². The molecule has 0 aromatic carbocycles. The molecule has 0 aromatic heterocycles. The number of aliphatic hydroxyl groups excluding tert-OH is 1. The SMILES string of the molecule is CC1CCCN(C(=O)N2CCCCC2CCO)C1. The molecule has 4 heteroatoms. The van der Waals surface area contributed by atoms with Gasteiger partial charge in [-0.15, -0.1) is 0 Å². The van der Waals surface area contributed by atoms with Crippen molar-refractivity contribution in [1.29, 1.82) is 0 Å². The molecular formula is C14H26N2O2. The minimum atomic E-state index is 0.185. The molecule has 18 heavy (non-hydrogen) atoms. The predicted octanol–water partition coefficient (Wildman–Crippen LogP) is 2.08. The van der Waals surface area contributed by atoms with Crippen molar-refractivity contribution in [2.24, 2.45) is 5.92 Å². The van der Waals surface area contributed by atoms with Gasteiger partial charge in [-0.05, 0) is 44.4 Å². The molecule has 0 spiro atoms. The lowest BCUT2D eigenvalue weighted by atomic mass is 9.98. The molecule has 2 aliphatic heterocycles. The first-order valence-corrected chi connectivity index (χ1v) is 7.38. The maximum Gasteiger partial charge on any atom is 0.320 e. The van der Waals surface area contributed by atoms with E-state index in [0.29, 0.717) is 5.92 Å². The number of amides is 2. The molecular weight excluding hydrogens is 228 g/mol. The van der Waals surface area contributed by atoms with Crippen LogP contribution in [0.15, 0.2) is 0 Å². The van der Waals surface area contributed by atoms with Gasteiger partial charge in [-0.3, -0.25) is 0 Å². The standard InChI is InChI=1S/C14H26N2O2/c1-12-5-4-8-15(11-12)14(18)16-9-3-2-6-13(16)7-10-17/h12-13,17H,2-11H2,1H3. The summed E-state index contributed by atoms with van der Waals surface area (Å²) in [5.41, 5.74) is 0. The lowest BCUT2D eigenvalue weighted by Crippen LogP contribution is -2.52. The first kappa shape index (κ1) is 13.7. The van der Waals surface area contributed by atoms with Crippen LogP contribution in [0.5, 0.6) is 0 Å². The molecule has 0 bridgehead atoms. The molecule has 0 aliphatic carbocycles. The molecule has 0 aromatic rings. The fourth-order valence-corrected chi connectivity index (χ4v) is 3.25. The fourth-order valence-electron chi connectivity index (χ4n) is 3.25. The van der Waals surface area contributed by atoms with E-state index in [9.17, 15) is 4.79 Å². The Labute approximate surface area is 110 Å². The van der Waals surface area contributed by atoms with Crippen molar-refractivity contribution in [2.45, 2.75) is 51.5 Å². The zero-order valence-corrected chi connectivity index (χ0v) is 11.5. The average molecular weight is 254 g/mol. The summed E-state index contributed by atoms with van der Waals surface area (Å²) in [6.07, 6.45) is 6.45. The lowest BCUT2D eigenvalue weighted by Gasteiger charge is -2.41. The zero-order chi connectivity index (χ0) is 13.0. The van der Waals surface area contributed by atoms with Gasteiger partial charge in [-0.2, -0.15) is 0 Å². The van der Waals surface area contributed by atoms with Crippen LogP contribution in [0.2, 0.25) is 0 Å². The number of piperidine rings is 2. The van der Waals surface area contributed by atoms with E-state index in [-0.39, 0.29) is 18.7 Å². The third-order valence-electron chi connectivity index (χ3n) is 4.26. The molecule has 2 saturated heterocycles. The second kappa shape index (κ2) is 6.41. The molecule has 2 rings (SSSR count). The summed E-state index contributed by atoms with van der Waals surface area (Å²) in [4.78, 5) is 16.6. The second-order valence-electron chi connectivity index (χ2n) is 5.83. The van der Waals surface area contributed by atoms with Crippen LogP contribution >= 0.6 is 0 Å². The van der Waals surface area contributed by atoms with Gasteiger partial charge in [0.05, 0.1) is 0 Å². The topological polar surface area (TPSA) is 43.8 Å². The normalized spacial score (nSPS) is 29.4. The van der Waals surface area contributed by atoms with E-state index in [1.54, 1.807) is 0 Å². The van der Waals surface area contributed by atoms with E-state index in [4.69, 9.17) is 5.11 Å². The minimum Gasteiger partial charge on any atom is -0.396 e. The number of carbonyl (C=O) groups excluding carboxylic acids is 1. The highest BCUT2D eigenvalue weighted by Gasteiger charge is 2.31. The van der Waals surface area contributed by atoms with Gasteiger partial charge in [0.1, 0.15) is 0 Å². The Kier molecular flexibility index (Phi) is 4.87. The first-order valence-electron chi connectivity index (χ1n) is 7.38. The van der Waals surface area contributed by atoms with E-state index in [1.165, 1.54) is 12.8 Å². The molecule has 1 N–H and O–H groups in total. The summed E-state index contributed by atoms with van der Waals surface area (Å²) in [5.74, 6) is 0.629. The van der Waals surface area contributed by atoms with Crippen molar-refractivity contribution in [1.82, 2.24) is 9.80 Å². The number of nitrogens with zero attached hydrogens (tertiary/aromatic N) is 2. The van der Waals surface area contributed by atoms with Crippen LogP contribution in [0, 0.1) is 5.92 Å². The van der Waals surface area contributed by atoms with Gasteiger partial charge in [0, 0.05) is 32.3 Å². The van der Waals surface area contributed by atoms with Gasteiger partial charge in [0.25, 0.3) is 0 Å². The summed E-state index contributed by atoms with van der Waals surface area (Å²) in [6.45, 7) is 5.09. The van der Waals surface area contributed by atoms with E-state index in [2.05, 4.69) is 6.92 Å². The molecule has 2 aliphatic rings. The van der Waals surface area contributed by atoms with Gasteiger partial charge in [-0.1, -0.05) is 6.92 Å². The van der Waals surface area contributed by atoms with Gasteiger partial charge >= 0.3 is 6.03 Å². The van der Waals surface area contributed by atoms with Gasteiger partial charge < -0.3 is 14.9 Å². The van der Waals surface area contributed by atoms with E-state index in [1.807, 2.05) is 9.80 Å². The monoisotopic (exact) mass is 254 g/mol. The maximum atomic E-state index is 12.6. The number of aliphatic hydroxyl groups is 1. The highest BCUT2D eigenvalue weighted by atomic mass is 16.3. The van der Waals surface area contributed by atoms with Crippen molar-refractivity contribution in [3.05, 3.63) is 0 Å². The number of rotatable bonds is 2. The Hall–Kier alpha value is -0.770. The van der Waals surface area contributed by atoms with Crippen molar-refractivity contribution in [2.75, 3.05) is 26.2 Å². The van der Waals surface area contributed by atoms with Crippen LogP contribution in [0.3, 0.4) is 0 Å². The van der Waals surface area contributed by atoms with Crippen molar-refractivity contribution in [3.63, 3.8) is 0 Å². The predicted molar refractivity (Wildman–Crippen MR) is 71.4 cm³/mol. The fraction of sp³-hybridized carbons (Fsp3) is 0.929. The molecule has 2 fully saturated rings. The molecule has 2 heterocycles. The number of likely N-dealkylation sites (tertiary alicyclic amines) is 2. The summed E-state index contributed by atoms with van der Waals surface area (Å²) >= 11 is 0. The van der Waals surface area contributed by atoms with Crippen LogP contribution in [-0.2, 0) is 0 Å². The highest BCUT2D eigenvalue weighted by Crippen LogP contribution is 2.23. The van der Waals surface area contributed by atoms with Gasteiger partial charge in [0.15, 0.2) is 0 Å².